The van der Waals surface area contributed by atoms with E-state index in [4.69, 9.17) is 0 Å². The number of fused-ring (bicyclic) bond motifs is 1. The van der Waals surface area contributed by atoms with Crippen LogP contribution in [0.2, 0.25) is 0 Å². The van der Waals surface area contributed by atoms with Gasteiger partial charge < -0.3 is 9.80 Å². The monoisotopic (exact) mass is 530 g/mol. The number of nitrogens with zero attached hydrogens (tertiary/aromatic N) is 6. The molecule has 0 aliphatic carbocycles. The van der Waals surface area contributed by atoms with Crippen LogP contribution in [0.15, 0.2) is 60.0 Å². The minimum Gasteiger partial charge on any atom is -0.350 e. The molecule has 0 radical (unpaired) electrons. The van der Waals surface area contributed by atoms with Crippen molar-refractivity contribution >= 4 is 22.8 Å². The molecular weight excluding hydrogens is 502 g/mol. The van der Waals surface area contributed by atoms with Crippen molar-refractivity contribution in [3.63, 3.8) is 0 Å². The minimum atomic E-state index is -0.743. The van der Waals surface area contributed by atoms with Crippen molar-refractivity contribution in [3.05, 3.63) is 88.6 Å². The Kier molecular flexibility index (Phi) is 6.94. The Hall–Kier alpha value is -4.47. The topological polar surface area (TPSA) is 84.2 Å². The SMILES string of the molecule is C=CC(=O)N1CCN(c2nc(=O)n(-c3c(C)ccnc3CC)c3nc(-c4ccccc4F)c(F)cc23)[C@@H](C)C1. The summed E-state index contributed by atoms with van der Waals surface area (Å²) in [7, 11) is 0. The Balaban J connectivity index is 1.80. The van der Waals surface area contributed by atoms with Gasteiger partial charge in [0, 0.05) is 37.4 Å². The van der Waals surface area contributed by atoms with Crippen molar-refractivity contribution in [2.75, 3.05) is 24.5 Å². The number of piperazine rings is 1. The van der Waals surface area contributed by atoms with Gasteiger partial charge in [-0.25, -0.2) is 23.1 Å². The van der Waals surface area contributed by atoms with E-state index in [2.05, 4.69) is 21.5 Å². The molecular formula is C29H28F2N6O2. The number of carbonyl (C=O) groups excluding carboxylic acids is 1. The highest BCUT2D eigenvalue weighted by molar-refractivity contribution is 5.91. The Labute approximate surface area is 224 Å². The summed E-state index contributed by atoms with van der Waals surface area (Å²) in [5.74, 6) is -1.30. The zero-order valence-electron chi connectivity index (χ0n) is 22.0. The first-order valence-corrected chi connectivity index (χ1v) is 12.8. The highest BCUT2D eigenvalue weighted by Gasteiger charge is 2.30. The molecule has 1 atom stereocenters. The first-order valence-electron chi connectivity index (χ1n) is 12.8. The molecule has 0 spiro atoms. The molecule has 0 bridgehead atoms. The molecule has 0 N–H and O–H groups in total. The maximum absolute atomic E-state index is 15.7. The van der Waals surface area contributed by atoms with Crippen LogP contribution < -0.4 is 10.6 Å². The van der Waals surface area contributed by atoms with Gasteiger partial charge in [-0.05, 0) is 56.2 Å². The molecule has 8 nitrogen and oxygen atoms in total. The number of hydrogen-bond acceptors (Lipinski definition) is 6. The summed E-state index contributed by atoms with van der Waals surface area (Å²) >= 11 is 0. The van der Waals surface area contributed by atoms with Crippen LogP contribution in [0.25, 0.3) is 28.0 Å². The van der Waals surface area contributed by atoms with E-state index < -0.39 is 17.3 Å². The number of rotatable bonds is 5. The molecule has 3 aromatic heterocycles. The average molecular weight is 531 g/mol. The fraction of sp³-hybridized carbons (Fsp3) is 0.276. The molecule has 1 aliphatic heterocycles. The number of pyridine rings is 2. The third-order valence-corrected chi connectivity index (χ3v) is 7.08. The van der Waals surface area contributed by atoms with E-state index in [0.717, 1.165) is 5.56 Å². The lowest BCUT2D eigenvalue weighted by Gasteiger charge is -2.40. The molecule has 200 valence electrons. The van der Waals surface area contributed by atoms with Crippen LogP contribution in [0.4, 0.5) is 14.6 Å². The second-order valence-electron chi connectivity index (χ2n) is 9.53. The van der Waals surface area contributed by atoms with Crippen LogP contribution in [0.3, 0.4) is 0 Å². The van der Waals surface area contributed by atoms with Crippen LogP contribution in [0.1, 0.15) is 25.1 Å². The zero-order chi connectivity index (χ0) is 27.8. The quantitative estimate of drug-likeness (QED) is 0.360. The first-order chi connectivity index (χ1) is 18.7. The Bertz CT molecular complexity index is 1670. The van der Waals surface area contributed by atoms with Gasteiger partial charge in [0.05, 0.1) is 16.8 Å². The van der Waals surface area contributed by atoms with E-state index in [1.165, 1.54) is 34.9 Å². The smallest absolute Gasteiger partial charge is 0.350 e. The highest BCUT2D eigenvalue weighted by Crippen LogP contribution is 2.33. The normalized spacial score (nSPS) is 15.6. The molecule has 1 aromatic carbocycles. The highest BCUT2D eigenvalue weighted by atomic mass is 19.1. The standard InChI is InChI=1S/C29H28F2N6O2/c1-5-23-26(17(3)11-12-32-23)37-28-20(15-22(31)25(33-28)19-9-7-8-10-21(19)30)27(34-29(37)39)36-14-13-35(16-18(36)4)24(38)6-2/h6-12,15,18H,2,5,13-14,16H2,1,3-4H3/t18-/m0/s1. The van der Waals surface area contributed by atoms with E-state index in [0.29, 0.717) is 42.8 Å². The van der Waals surface area contributed by atoms with Crippen molar-refractivity contribution in [3.8, 4) is 16.9 Å². The van der Waals surface area contributed by atoms with Gasteiger partial charge in [-0.1, -0.05) is 25.6 Å². The summed E-state index contributed by atoms with van der Waals surface area (Å²) < 4.78 is 31.8. The van der Waals surface area contributed by atoms with Crippen molar-refractivity contribution in [1.82, 2.24) is 24.4 Å². The van der Waals surface area contributed by atoms with Gasteiger partial charge >= 0.3 is 5.69 Å². The van der Waals surface area contributed by atoms with E-state index in [9.17, 15) is 14.0 Å². The van der Waals surface area contributed by atoms with Crippen LogP contribution in [0.5, 0.6) is 0 Å². The minimum absolute atomic E-state index is 0.0159. The summed E-state index contributed by atoms with van der Waals surface area (Å²) in [5, 5.41) is 0.299. The van der Waals surface area contributed by atoms with Gasteiger partial charge in [0.25, 0.3) is 0 Å². The zero-order valence-corrected chi connectivity index (χ0v) is 22.0. The molecule has 4 aromatic rings. The van der Waals surface area contributed by atoms with E-state index in [-0.39, 0.29) is 34.7 Å². The fourth-order valence-electron chi connectivity index (χ4n) is 5.14. The van der Waals surface area contributed by atoms with Crippen molar-refractivity contribution < 1.29 is 13.6 Å². The van der Waals surface area contributed by atoms with Crippen molar-refractivity contribution in [2.24, 2.45) is 0 Å². The first kappa shape index (κ1) is 26.1. The van der Waals surface area contributed by atoms with Gasteiger partial charge in [0.15, 0.2) is 5.65 Å². The van der Waals surface area contributed by atoms with Gasteiger partial charge in [-0.3, -0.25) is 9.78 Å². The summed E-state index contributed by atoms with van der Waals surface area (Å²) in [6, 6.07) is 8.60. The predicted octanol–water partition coefficient (Wildman–Crippen LogP) is 4.21. The van der Waals surface area contributed by atoms with E-state index in [1.54, 1.807) is 23.2 Å². The molecule has 1 amide bonds. The Morgan fingerprint density at radius 1 is 1.15 bits per heavy atom. The van der Waals surface area contributed by atoms with Gasteiger partial charge in [0.2, 0.25) is 5.91 Å². The molecule has 5 rings (SSSR count). The number of anilines is 1. The number of hydrogen-bond donors (Lipinski definition) is 0. The summed E-state index contributed by atoms with van der Waals surface area (Å²) in [6.45, 7) is 10.4. The maximum atomic E-state index is 15.7. The van der Waals surface area contributed by atoms with Gasteiger partial charge in [-0.15, -0.1) is 0 Å². The molecule has 39 heavy (non-hydrogen) atoms. The number of carbonyl (C=O) groups is 1. The number of halogens is 2. The van der Waals surface area contributed by atoms with Crippen LogP contribution in [0, 0.1) is 18.6 Å². The number of aromatic nitrogens is 4. The Morgan fingerprint density at radius 2 is 1.92 bits per heavy atom. The van der Waals surface area contributed by atoms with Crippen LogP contribution in [-0.2, 0) is 11.2 Å². The largest absolute Gasteiger partial charge is 0.355 e. The van der Waals surface area contributed by atoms with E-state index >= 15 is 4.39 Å². The molecule has 1 fully saturated rings. The third-order valence-electron chi connectivity index (χ3n) is 7.08. The van der Waals surface area contributed by atoms with Crippen LogP contribution >= 0.6 is 0 Å². The van der Waals surface area contributed by atoms with E-state index in [1.807, 2.05) is 25.7 Å². The molecule has 0 saturated carbocycles. The average Bonchev–Trinajstić information content (AvgIpc) is 2.93. The van der Waals surface area contributed by atoms with Gasteiger partial charge in [0.1, 0.15) is 23.1 Å². The summed E-state index contributed by atoms with van der Waals surface area (Å²) in [5.41, 5.74) is 1.24. The number of aryl methyl sites for hydroxylation is 2. The maximum Gasteiger partial charge on any atom is 0.355 e. The lowest BCUT2D eigenvalue weighted by Crippen LogP contribution is -2.54. The molecule has 0 unspecified atom stereocenters. The van der Waals surface area contributed by atoms with Gasteiger partial charge in [-0.2, -0.15) is 4.98 Å². The van der Waals surface area contributed by atoms with Crippen LogP contribution in [-0.4, -0.2) is 56.0 Å². The predicted molar refractivity (Wildman–Crippen MR) is 146 cm³/mol. The third kappa shape index (κ3) is 4.56. The lowest BCUT2D eigenvalue weighted by molar-refractivity contribution is -0.126. The summed E-state index contributed by atoms with van der Waals surface area (Å²) in [4.78, 5) is 42.9. The Morgan fingerprint density at radius 3 is 2.62 bits per heavy atom. The van der Waals surface area contributed by atoms with Crippen molar-refractivity contribution in [2.45, 2.75) is 33.2 Å². The van der Waals surface area contributed by atoms with Crippen molar-refractivity contribution in [1.29, 1.82) is 0 Å². The molecule has 10 heteroatoms. The number of amides is 1. The second kappa shape index (κ2) is 10.4. The lowest BCUT2D eigenvalue weighted by atomic mass is 10.1. The fourth-order valence-corrected chi connectivity index (χ4v) is 5.14. The second-order valence-corrected chi connectivity index (χ2v) is 9.53. The molecule has 1 aliphatic rings. The molecule has 4 heterocycles. The molecule has 1 saturated heterocycles. The summed E-state index contributed by atoms with van der Waals surface area (Å²) in [6.07, 6.45) is 3.46. The number of benzene rings is 1.